The Labute approximate surface area is 112 Å². The highest BCUT2D eigenvalue weighted by molar-refractivity contribution is 7.15. The molecule has 0 amide bonds. The van der Waals surface area contributed by atoms with Gasteiger partial charge in [0.25, 0.3) is 0 Å². The van der Waals surface area contributed by atoms with Crippen molar-refractivity contribution in [2.24, 2.45) is 5.73 Å². The summed E-state index contributed by atoms with van der Waals surface area (Å²) in [5.74, 6) is 0.650. The summed E-state index contributed by atoms with van der Waals surface area (Å²) in [5, 5.41) is 1.10. The van der Waals surface area contributed by atoms with Crippen LogP contribution in [0.15, 0.2) is 30.3 Å². The molecule has 0 atom stereocenters. The third-order valence-corrected chi connectivity index (χ3v) is 4.68. The second-order valence-corrected chi connectivity index (χ2v) is 6.59. The van der Waals surface area contributed by atoms with Crippen LogP contribution in [0.5, 0.6) is 0 Å². The van der Waals surface area contributed by atoms with Crippen LogP contribution in [-0.2, 0) is 5.54 Å². The van der Waals surface area contributed by atoms with Gasteiger partial charge in [-0.2, -0.15) is 0 Å². The first-order valence-electron chi connectivity index (χ1n) is 6.41. The van der Waals surface area contributed by atoms with Gasteiger partial charge in [0.1, 0.15) is 5.01 Å². The molecule has 1 fully saturated rings. The summed E-state index contributed by atoms with van der Waals surface area (Å²) < 4.78 is 0. The number of hydrogen-bond acceptors (Lipinski definition) is 3. The first-order valence-corrected chi connectivity index (χ1v) is 7.23. The van der Waals surface area contributed by atoms with Gasteiger partial charge in [-0.15, -0.1) is 11.3 Å². The Morgan fingerprint density at radius 2 is 1.89 bits per heavy atom. The lowest BCUT2D eigenvalue weighted by Crippen LogP contribution is -2.28. The van der Waals surface area contributed by atoms with Crippen LogP contribution in [0.3, 0.4) is 0 Å². The van der Waals surface area contributed by atoms with Gasteiger partial charge in [-0.25, -0.2) is 4.98 Å². The van der Waals surface area contributed by atoms with Gasteiger partial charge in [0.2, 0.25) is 0 Å². The van der Waals surface area contributed by atoms with Crippen LogP contribution in [-0.4, -0.2) is 4.98 Å². The van der Waals surface area contributed by atoms with E-state index in [-0.39, 0.29) is 5.54 Å². The lowest BCUT2D eigenvalue weighted by atomic mass is 10.0. The predicted octanol–water partition coefficient (Wildman–Crippen LogP) is 3.88. The highest BCUT2D eigenvalue weighted by atomic mass is 32.1. The van der Waals surface area contributed by atoms with Crippen LogP contribution < -0.4 is 5.73 Å². The topological polar surface area (TPSA) is 38.9 Å². The summed E-state index contributed by atoms with van der Waals surface area (Å²) in [6.07, 6.45) is 2.53. The summed E-state index contributed by atoms with van der Waals surface area (Å²) in [6, 6.07) is 10.4. The van der Waals surface area contributed by atoms with Crippen molar-refractivity contribution in [1.29, 1.82) is 0 Å². The number of benzene rings is 1. The Balaban J connectivity index is 2.08. The highest BCUT2D eigenvalue weighted by Crippen LogP contribution is 2.46. The number of aromatic nitrogens is 1. The van der Waals surface area contributed by atoms with Gasteiger partial charge in [-0.3, -0.25) is 0 Å². The Bertz CT molecular complexity index is 548. The van der Waals surface area contributed by atoms with Crippen LogP contribution in [0.1, 0.15) is 43.2 Å². The van der Waals surface area contributed by atoms with Crippen molar-refractivity contribution in [1.82, 2.24) is 4.98 Å². The fourth-order valence-corrected chi connectivity index (χ4v) is 3.30. The van der Waals surface area contributed by atoms with Crippen LogP contribution in [0.25, 0.3) is 10.6 Å². The number of thiazole rings is 1. The molecule has 0 saturated heterocycles. The van der Waals surface area contributed by atoms with Crippen LogP contribution in [0, 0.1) is 0 Å². The molecule has 0 aliphatic heterocycles. The normalized spacial score (nSPS) is 15.9. The molecule has 1 aliphatic carbocycles. The van der Waals surface area contributed by atoms with Crippen molar-refractivity contribution in [3.8, 4) is 10.6 Å². The highest BCUT2D eigenvalue weighted by Gasteiger charge is 2.33. The molecule has 1 aromatic heterocycles. The van der Waals surface area contributed by atoms with Gasteiger partial charge in [-0.05, 0) is 26.7 Å². The van der Waals surface area contributed by atoms with Gasteiger partial charge >= 0.3 is 0 Å². The van der Waals surface area contributed by atoms with Crippen molar-refractivity contribution in [2.45, 2.75) is 38.1 Å². The number of nitrogens with zero attached hydrogens (tertiary/aromatic N) is 1. The van der Waals surface area contributed by atoms with E-state index < -0.39 is 0 Å². The van der Waals surface area contributed by atoms with Crippen molar-refractivity contribution in [3.63, 3.8) is 0 Å². The minimum atomic E-state index is -0.289. The largest absolute Gasteiger partial charge is 0.321 e. The van der Waals surface area contributed by atoms with Gasteiger partial charge in [-0.1, -0.05) is 30.3 Å². The lowest BCUT2D eigenvalue weighted by Gasteiger charge is -2.17. The van der Waals surface area contributed by atoms with E-state index in [1.807, 2.05) is 6.07 Å². The molecule has 1 aliphatic rings. The molecule has 1 aromatic carbocycles. The number of rotatable bonds is 3. The molecule has 0 unspecified atom stereocenters. The third-order valence-electron chi connectivity index (χ3n) is 3.22. The monoisotopic (exact) mass is 258 g/mol. The van der Waals surface area contributed by atoms with E-state index in [2.05, 4.69) is 38.1 Å². The molecule has 2 nitrogen and oxygen atoms in total. The second-order valence-electron chi connectivity index (χ2n) is 5.60. The van der Waals surface area contributed by atoms with Crippen LogP contribution in [0.2, 0.25) is 0 Å². The standard InChI is InChI=1S/C15H18N2S/c1-15(2,16)13-12(10-8-9-10)17-14(18-13)11-6-4-3-5-7-11/h3-7,10H,8-9,16H2,1-2H3. The quantitative estimate of drug-likeness (QED) is 0.907. The maximum atomic E-state index is 6.28. The van der Waals surface area contributed by atoms with E-state index in [1.54, 1.807) is 11.3 Å². The Hall–Kier alpha value is -1.19. The van der Waals surface area contributed by atoms with Gasteiger partial charge < -0.3 is 5.73 Å². The second kappa shape index (κ2) is 4.18. The summed E-state index contributed by atoms with van der Waals surface area (Å²) >= 11 is 1.75. The first kappa shape index (κ1) is 11.9. The lowest BCUT2D eigenvalue weighted by molar-refractivity contribution is 0.559. The molecule has 94 valence electrons. The Morgan fingerprint density at radius 1 is 1.22 bits per heavy atom. The zero-order valence-corrected chi connectivity index (χ0v) is 11.6. The minimum Gasteiger partial charge on any atom is -0.321 e. The zero-order valence-electron chi connectivity index (χ0n) is 10.8. The smallest absolute Gasteiger partial charge is 0.123 e. The molecule has 3 rings (SSSR count). The maximum absolute atomic E-state index is 6.28. The number of hydrogen-bond donors (Lipinski definition) is 1. The minimum absolute atomic E-state index is 0.289. The van der Waals surface area contributed by atoms with E-state index in [0.29, 0.717) is 5.92 Å². The Kier molecular flexibility index (Phi) is 2.76. The SMILES string of the molecule is CC(C)(N)c1sc(-c2ccccc2)nc1C1CC1. The fourth-order valence-electron chi connectivity index (χ4n) is 2.13. The first-order chi connectivity index (χ1) is 8.55. The summed E-state index contributed by atoms with van der Waals surface area (Å²) in [5.41, 5.74) is 8.43. The van der Waals surface area contributed by atoms with Crippen LogP contribution in [0.4, 0.5) is 0 Å². The summed E-state index contributed by atoms with van der Waals surface area (Å²) in [4.78, 5) is 6.10. The molecular formula is C15H18N2S. The van der Waals surface area contributed by atoms with E-state index in [1.165, 1.54) is 29.0 Å². The molecule has 2 N–H and O–H groups in total. The van der Waals surface area contributed by atoms with Crippen molar-refractivity contribution >= 4 is 11.3 Å². The van der Waals surface area contributed by atoms with Gasteiger partial charge in [0.15, 0.2) is 0 Å². The molecule has 1 saturated carbocycles. The molecule has 0 bridgehead atoms. The average molecular weight is 258 g/mol. The molecule has 18 heavy (non-hydrogen) atoms. The molecule has 0 spiro atoms. The fraction of sp³-hybridized carbons (Fsp3) is 0.400. The van der Waals surface area contributed by atoms with Crippen molar-refractivity contribution < 1.29 is 0 Å². The van der Waals surface area contributed by atoms with E-state index in [0.717, 1.165) is 5.01 Å². The zero-order chi connectivity index (χ0) is 12.8. The maximum Gasteiger partial charge on any atom is 0.123 e. The molecular weight excluding hydrogens is 240 g/mol. The van der Waals surface area contributed by atoms with E-state index in [9.17, 15) is 0 Å². The van der Waals surface area contributed by atoms with Gasteiger partial charge in [0, 0.05) is 21.9 Å². The molecule has 2 aromatic rings. The molecule has 0 radical (unpaired) electrons. The summed E-state index contributed by atoms with van der Waals surface area (Å²) in [6.45, 7) is 4.14. The third kappa shape index (κ3) is 2.20. The van der Waals surface area contributed by atoms with Crippen LogP contribution >= 0.6 is 11.3 Å². The van der Waals surface area contributed by atoms with E-state index in [4.69, 9.17) is 10.7 Å². The Morgan fingerprint density at radius 3 is 2.44 bits per heavy atom. The summed E-state index contributed by atoms with van der Waals surface area (Å²) in [7, 11) is 0. The van der Waals surface area contributed by atoms with Gasteiger partial charge in [0.05, 0.1) is 5.69 Å². The van der Waals surface area contributed by atoms with Crippen molar-refractivity contribution in [3.05, 3.63) is 40.9 Å². The molecule has 1 heterocycles. The predicted molar refractivity (Wildman–Crippen MR) is 76.7 cm³/mol. The van der Waals surface area contributed by atoms with E-state index >= 15 is 0 Å². The number of nitrogens with two attached hydrogens (primary N) is 1. The van der Waals surface area contributed by atoms with Crippen molar-refractivity contribution in [2.75, 3.05) is 0 Å². The average Bonchev–Trinajstić information content (AvgIpc) is 3.07. The molecule has 3 heteroatoms.